The summed E-state index contributed by atoms with van der Waals surface area (Å²) in [6.07, 6.45) is 4.02. The van der Waals surface area contributed by atoms with Crippen molar-refractivity contribution in [3.8, 4) is 0 Å². The minimum absolute atomic E-state index is 0.121. The fourth-order valence-corrected chi connectivity index (χ4v) is 1.56. The number of nitrogens with one attached hydrogen (secondary N) is 2. The lowest BCUT2D eigenvalue weighted by Crippen LogP contribution is -2.42. The standard InChI is InChI=1S/C12H24N2O/c1-9(2)10(3)14-12(15)8-13-7-11-5-4-6-11/h9-11,13H,4-8H2,1-3H3,(H,14,15). The van der Waals surface area contributed by atoms with E-state index in [0.29, 0.717) is 12.5 Å². The van der Waals surface area contributed by atoms with Crippen molar-refractivity contribution in [3.63, 3.8) is 0 Å². The molecule has 0 saturated heterocycles. The van der Waals surface area contributed by atoms with Crippen LogP contribution < -0.4 is 10.6 Å². The van der Waals surface area contributed by atoms with Crippen LogP contribution in [-0.2, 0) is 4.79 Å². The van der Waals surface area contributed by atoms with Crippen molar-refractivity contribution >= 4 is 5.91 Å². The summed E-state index contributed by atoms with van der Waals surface area (Å²) in [7, 11) is 0. The van der Waals surface area contributed by atoms with Crippen LogP contribution >= 0.6 is 0 Å². The summed E-state index contributed by atoms with van der Waals surface area (Å²) < 4.78 is 0. The molecule has 1 aliphatic carbocycles. The Morgan fingerprint density at radius 1 is 1.33 bits per heavy atom. The molecule has 0 bridgehead atoms. The lowest BCUT2D eigenvalue weighted by Gasteiger charge is -2.25. The van der Waals surface area contributed by atoms with Crippen LogP contribution in [0.15, 0.2) is 0 Å². The topological polar surface area (TPSA) is 41.1 Å². The highest BCUT2D eigenvalue weighted by atomic mass is 16.1. The van der Waals surface area contributed by atoms with Crippen molar-refractivity contribution in [2.24, 2.45) is 11.8 Å². The van der Waals surface area contributed by atoms with Crippen molar-refractivity contribution in [3.05, 3.63) is 0 Å². The van der Waals surface area contributed by atoms with Crippen molar-refractivity contribution in [1.82, 2.24) is 10.6 Å². The SMILES string of the molecule is CC(C)C(C)NC(=O)CNCC1CCC1. The predicted octanol–water partition coefficient (Wildman–Crippen LogP) is 1.54. The molecule has 0 aromatic carbocycles. The Kier molecular flexibility index (Phi) is 5.09. The molecule has 0 aromatic rings. The second-order valence-corrected chi connectivity index (χ2v) is 5.03. The summed E-state index contributed by atoms with van der Waals surface area (Å²) in [5.41, 5.74) is 0. The Morgan fingerprint density at radius 3 is 2.47 bits per heavy atom. The van der Waals surface area contributed by atoms with Crippen molar-refractivity contribution in [2.45, 2.75) is 46.1 Å². The maximum atomic E-state index is 11.5. The maximum absolute atomic E-state index is 11.5. The van der Waals surface area contributed by atoms with Crippen LogP contribution in [0.5, 0.6) is 0 Å². The Balaban J connectivity index is 2.02. The van der Waals surface area contributed by atoms with Crippen molar-refractivity contribution < 1.29 is 4.79 Å². The molecule has 88 valence electrons. The highest BCUT2D eigenvalue weighted by molar-refractivity contribution is 5.78. The summed E-state index contributed by atoms with van der Waals surface area (Å²) >= 11 is 0. The molecule has 1 unspecified atom stereocenters. The molecule has 1 amide bonds. The van der Waals surface area contributed by atoms with E-state index in [1.54, 1.807) is 0 Å². The molecule has 1 fully saturated rings. The van der Waals surface area contributed by atoms with Gasteiger partial charge in [0.2, 0.25) is 5.91 Å². The van der Waals surface area contributed by atoms with Gasteiger partial charge in [-0.3, -0.25) is 4.79 Å². The molecule has 1 aliphatic rings. The van der Waals surface area contributed by atoms with Crippen molar-refractivity contribution in [2.75, 3.05) is 13.1 Å². The molecule has 0 aliphatic heterocycles. The Hall–Kier alpha value is -0.570. The van der Waals surface area contributed by atoms with E-state index in [9.17, 15) is 4.79 Å². The molecule has 1 rings (SSSR count). The molecular formula is C12H24N2O. The van der Waals surface area contributed by atoms with Gasteiger partial charge in [-0.25, -0.2) is 0 Å². The third-order valence-corrected chi connectivity index (χ3v) is 3.33. The highest BCUT2D eigenvalue weighted by Crippen LogP contribution is 2.24. The summed E-state index contributed by atoms with van der Waals surface area (Å²) in [6.45, 7) is 7.75. The maximum Gasteiger partial charge on any atom is 0.234 e. The van der Waals surface area contributed by atoms with E-state index in [0.717, 1.165) is 12.5 Å². The van der Waals surface area contributed by atoms with Gasteiger partial charge in [-0.1, -0.05) is 20.3 Å². The van der Waals surface area contributed by atoms with E-state index in [4.69, 9.17) is 0 Å². The van der Waals surface area contributed by atoms with E-state index in [1.165, 1.54) is 19.3 Å². The van der Waals surface area contributed by atoms with Crippen LogP contribution in [0.2, 0.25) is 0 Å². The monoisotopic (exact) mass is 212 g/mol. The Labute approximate surface area is 93.0 Å². The molecule has 15 heavy (non-hydrogen) atoms. The van der Waals surface area contributed by atoms with E-state index < -0.39 is 0 Å². The molecule has 1 atom stereocenters. The first kappa shape index (κ1) is 12.5. The van der Waals surface area contributed by atoms with Crippen molar-refractivity contribution in [1.29, 1.82) is 0 Å². The van der Waals surface area contributed by atoms with Gasteiger partial charge < -0.3 is 10.6 Å². The first-order valence-corrected chi connectivity index (χ1v) is 6.09. The Morgan fingerprint density at radius 2 is 2.00 bits per heavy atom. The number of hydrogen-bond acceptors (Lipinski definition) is 2. The third kappa shape index (κ3) is 4.65. The molecular weight excluding hydrogens is 188 g/mol. The number of hydrogen-bond donors (Lipinski definition) is 2. The molecule has 3 heteroatoms. The zero-order chi connectivity index (χ0) is 11.3. The smallest absolute Gasteiger partial charge is 0.234 e. The summed E-state index contributed by atoms with van der Waals surface area (Å²) in [6, 6.07) is 0.267. The van der Waals surface area contributed by atoms with Crippen LogP contribution in [0, 0.1) is 11.8 Å². The van der Waals surface area contributed by atoms with Crippen LogP contribution in [0.1, 0.15) is 40.0 Å². The molecule has 0 aromatic heterocycles. The average Bonchev–Trinajstić information content (AvgIpc) is 2.09. The summed E-state index contributed by atoms with van der Waals surface area (Å²) in [5.74, 6) is 1.44. The fourth-order valence-electron chi connectivity index (χ4n) is 1.56. The molecule has 0 radical (unpaired) electrons. The van der Waals surface area contributed by atoms with Gasteiger partial charge in [-0.15, -0.1) is 0 Å². The first-order valence-electron chi connectivity index (χ1n) is 6.09. The van der Waals surface area contributed by atoms with Crippen LogP contribution in [0.25, 0.3) is 0 Å². The van der Waals surface area contributed by atoms with E-state index in [-0.39, 0.29) is 11.9 Å². The zero-order valence-corrected chi connectivity index (χ0v) is 10.2. The lowest BCUT2D eigenvalue weighted by atomic mass is 9.85. The van der Waals surface area contributed by atoms with Crippen LogP contribution in [-0.4, -0.2) is 25.0 Å². The minimum Gasteiger partial charge on any atom is -0.352 e. The second kappa shape index (κ2) is 6.11. The number of carbonyl (C=O) groups is 1. The normalized spacial score (nSPS) is 18.7. The van der Waals surface area contributed by atoms with Gasteiger partial charge in [0.25, 0.3) is 0 Å². The second-order valence-electron chi connectivity index (χ2n) is 5.03. The van der Waals surface area contributed by atoms with Gasteiger partial charge in [0, 0.05) is 6.04 Å². The molecule has 0 heterocycles. The zero-order valence-electron chi connectivity index (χ0n) is 10.2. The van der Waals surface area contributed by atoms with Gasteiger partial charge in [-0.05, 0) is 38.1 Å². The number of carbonyl (C=O) groups excluding carboxylic acids is 1. The lowest BCUT2D eigenvalue weighted by molar-refractivity contribution is -0.121. The van der Waals surface area contributed by atoms with Gasteiger partial charge in [-0.2, -0.15) is 0 Å². The van der Waals surface area contributed by atoms with Gasteiger partial charge >= 0.3 is 0 Å². The van der Waals surface area contributed by atoms with Crippen LogP contribution in [0.4, 0.5) is 0 Å². The molecule has 2 N–H and O–H groups in total. The molecule has 0 spiro atoms. The van der Waals surface area contributed by atoms with E-state index in [1.807, 2.05) is 0 Å². The molecule has 3 nitrogen and oxygen atoms in total. The van der Waals surface area contributed by atoms with E-state index >= 15 is 0 Å². The van der Waals surface area contributed by atoms with Crippen LogP contribution in [0.3, 0.4) is 0 Å². The number of rotatable bonds is 6. The first-order chi connectivity index (χ1) is 7.09. The highest BCUT2D eigenvalue weighted by Gasteiger charge is 2.17. The van der Waals surface area contributed by atoms with Gasteiger partial charge in [0.15, 0.2) is 0 Å². The fraction of sp³-hybridized carbons (Fsp3) is 0.917. The van der Waals surface area contributed by atoms with Gasteiger partial charge in [0.05, 0.1) is 6.54 Å². The third-order valence-electron chi connectivity index (χ3n) is 3.33. The van der Waals surface area contributed by atoms with E-state index in [2.05, 4.69) is 31.4 Å². The predicted molar refractivity (Wildman–Crippen MR) is 62.7 cm³/mol. The quantitative estimate of drug-likeness (QED) is 0.701. The average molecular weight is 212 g/mol. The Bertz CT molecular complexity index is 200. The minimum atomic E-state index is 0.121. The number of amides is 1. The summed E-state index contributed by atoms with van der Waals surface area (Å²) in [5, 5.41) is 6.21. The van der Waals surface area contributed by atoms with Gasteiger partial charge in [0.1, 0.15) is 0 Å². The summed E-state index contributed by atoms with van der Waals surface area (Å²) in [4.78, 5) is 11.5. The molecule has 1 saturated carbocycles. The largest absolute Gasteiger partial charge is 0.352 e.